The molecular weight excluding hydrogens is 530 g/mol. The summed E-state index contributed by atoms with van der Waals surface area (Å²) in [4.78, 5) is 0. The van der Waals surface area contributed by atoms with Gasteiger partial charge in [0.15, 0.2) is 0 Å². The molecule has 0 spiro atoms. The van der Waals surface area contributed by atoms with Crippen LogP contribution in [0.3, 0.4) is 0 Å². The molecule has 222 valence electrons. The summed E-state index contributed by atoms with van der Waals surface area (Å²) < 4.78 is 0. The first-order valence-electron chi connectivity index (χ1n) is 16.5. The molecule has 0 saturated heterocycles. The second-order valence-corrected chi connectivity index (χ2v) is 14.2. The van der Waals surface area contributed by atoms with Gasteiger partial charge in [-0.3, -0.25) is 0 Å². The van der Waals surface area contributed by atoms with E-state index in [4.69, 9.17) is 0 Å². The maximum absolute atomic E-state index is 4.10. The van der Waals surface area contributed by atoms with Crippen molar-refractivity contribution in [2.45, 2.75) is 71.6 Å². The van der Waals surface area contributed by atoms with Gasteiger partial charge in [-0.15, -0.1) is 0 Å². The van der Waals surface area contributed by atoms with Crippen molar-refractivity contribution in [3.8, 4) is 0 Å². The van der Waals surface area contributed by atoms with Crippen LogP contribution in [0.4, 0.5) is 5.69 Å². The highest BCUT2D eigenvalue weighted by molar-refractivity contribution is 5.92. The molecule has 1 N–H and O–H groups in total. The SMILES string of the molecule is CC[C@@H]1/C(Nc2ccccc2C2=Cc3ccccc3CC2(C)C)=C\CCC2=C(C1c1ccccc1)C(C)(C)c1ccccc12. The van der Waals surface area contributed by atoms with Crippen LogP contribution in [0.1, 0.15) is 93.2 Å². The molecule has 7 rings (SSSR count). The van der Waals surface area contributed by atoms with Gasteiger partial charge in [-0.2, -0.15) is 0 Å². The van der Waals surface area contributed by atoms with Crippen LogP contribution in [0.5, 0.6) is 0 Å². The fourth-order valence-corrected chi connectivity index (χ4v) is 8.55. The number of fused-ring (bicyclic) bond motifs is 3. The van der Waals surface area contributed by atoms with Gasteiger partial charge in [-0.1, -0.05) is 144 Å². The molecule has 1 unspecified atom stereocenters. The van der Waals surface area contributed by atoms with Crippen molar-refractivity contribution in [3.05, 3.63) is 154 Å². The highest BCUT2D eigenvalue weighted by Crippen LogP contribution is 2.57. The Kier molecular flexibility index (Phi) is 7.24. The van der Waals surface area contributed by atoms with Crippen molar-refractivity contribution in [3.63, 3.8) is 0 Å². The minimum atomic E-state index is -0.0233. The maximum atomic E-state index is 4.10. The fraction of sp³-hybridized carbons (Fsp3) is 0.302. The summed E-state index contributed by atoms with van der Waals surface area (Å²) >= 11 is 0. The summed E-state index contributed by atoms with van der Waals surface area (Å²) in [6.07, 6.45) is 9.17. The zero-order valence-electron chi connectivity index (χ0n) is 27.0. The third-order valence-corrected chi connectivity index (χ3v) is 10.6. The van der Waals surface area contributed by atoms with E-state index < -0.39 is 0 Å². The Labute approximate surface area is 264 Å². The fourth-order valence-electron chi connectivity index (χ4n) is 8.55. The van der Waals surface area contributed by atoms with E-state index in [2.05, 4.69) is 155 Å². The highest BCUT2D eigenvalue weighted by atomic mass is 14.9. The molecule has 1 heteroatoms. The van der Waals surface area contributed by atoms with Gasteiger partial charge in [0.05, 0.1) is 0 Å². The summed E-state index contributed by atoms with van der Waals surface area (Å²) in [7, 11) is 0. The minimum absolute atomic E-state index is 0.0233. The summed E-state index contributed by atoms with van der Waals surface area (Å²) in [6.45, 7) is 12.1. The molecule has 0 saturated carbocycles. The average Bonchev–Trinajstić information content (AvgIpc) is 3.23. The smallest absolute Gasteiger partial charge is 0.0458 e. The number of anilines is 1. The van der Waals surface area contributed by atoms with Crippen LogP contribution in [0.15, 0.2) is 120 Å². The van der Waals surface area contributed by atoms with E-state index in [0.29, 0.717) is 11.8 Å². The lowest BCUT2D eigenvalue weighted by Crippen LogP contribution is -2.29. The molecule has 0 aliphatic heterocycles. The molecule has 1 nitrogen and oxygen atoms in total. The van der Waals surface area contributed by atoms with E-state index >= 15 is 0 Å². The van der Waals surface area contributed by atoms with Crippen LogP contribution in [-0.4, -0.2) is 0 Å². The van der Waals surface area contributed by atoms with Crippen LogP contribution >= 0.6 is 0 Å². The van der Waals surface area contributed by atoms with Gasteiger partial charge in [-0.25, -0.2) is 0 Å². The Morgan fingerprint density at radius 2 is 1.43 bits per heavy atom. The third-order valence-electron chi connectivity index (χ3n) is 10.6. The van der Waals surface area contributed by atoms with Crippen molar-refractivity contribution in [1.82, 2.24) is 0 Å². The van der Waals surface area contributed by atoms with Crippen LogP contribution < -0.4 is 5.32 Å². The molecule has 0 aromatic heterocycles. The first kappa shape index (κ1) is 28.7. The van der Waals surface area contributed by atoms with E-state index in [1.807, 2.05) is 0 Å². The second kappa shape index (κ2) is 11.1. The molecule has 0 radical (unpaired) electrons. The topological polar surface area (TPSA) is 12.0 Å². The molecule has 4 aromatic carbocycles. The molecule has 3 aliphatic carbocycles. The van der Waals surface area contributed by atoms with E-state index in [1.165, 1.54) is 50.3 Å². The monoisotopic (exact) mass is 575 g/mol. The van der Waals surface area contributed by atoms with E-state index in [9.17, 15) is 0 Å². The van der Waals surface area contributed by atoms with Crippen LogP contribution in [0.25, 0.3) is 17.2 Å². The Bertz CT molecular complexity index is 1800. The van der Waals surface area contributed by atoms with Gasteiger partial charge in [-0.05, 0) is 81.7 Å². The molecule has 0 amide bonds. The van der Waals surface area contributed by atoms with Gasteiger partial charge in [0.2, 0.25) is 0 Å². The van der Waals surface area contributed by atoms with Gasteiger partial charge in [0.1, 0.15) is 0 Å². The molecule has 2 atom stereocenters. The van der Waals surface area contributed by atoms with Gasteiger partial charge < -0.3 is 5.32 Å². The quantitative estimate of drug-likeness (QED) is 0.250. The molecule has 44 heavy (non-hydrogen) atoms. The normalized spacial score (nSPS) is 22.8. The van der Waals surface area contributed by atoms with Crippen molar-refractivity contribution in [2.24, 2.45) is 11.3 Å². The second-order valence-electron chi connectivity index (χ2n) is 14.2. The lowest BCUT2D eigenvalue weighted by atomic mass is 9.66. The number of hydrogen-bond acceptors (Lipinski definition) is 1. The van der Waals surface area contributed by atoms with E-state index in [-0.39, 0.29) is 10.8 Å². The summed E-state index contributed by atoms with van der Waals surface area (Å²) in [5, 5.41) is 4.10. The first-order valence-corrected chi connectivity index (χ1v) is 16.5. The van der Waals surface area contributed by atoms with Gasteiger partial charge in [0, 0.05) is 34.2 Å². The highest BCUT2D eigenvalue weighted by Gasteiger charge is 2.44. The number of hydrogen-bond donors (Lipinski definition) is 1. The average molecular weight is 576 g/mol. The molecule has 0 bridgehead atoms. The number of para-hydroxylation sites is 1. The van der Waals surface area contributed by atoms with Crippen molar-refractivity contribution >= 4 is 22.9 Å². The first-order chi connectivity index (χ1) is 21.3. The van der Waals surface area contributed by atoms with Gasteiger partial charge in [0.25, 0.3) is 0 Å². The Morgan fingerprint density at radius 3 is 2.23 bits per heavy atom. The van der Waals surface area contributed by atoms with E-state index in [1.54, 1.807) is 11.1 Å². The largest absolute Gasteiger partial charge is 0.358 e. The lowest BCUT2D eigenvalue weighted by Gasteiger charge is -2.39. The standard InChI is InChI=1S/C43H45N/c1-6-32-38(44-39-25-15-13-22-35(39)37-27-30-19-10-11-20-31(30)28-42(37,2)3)26-16-23-34-33-21-12-14-24-36(33)43(4,5)41(34)40(32)29-17-8-7-9-18-29/h7-15,17-22,24-27,32,40,44H,6,16,23,28H2,1-5H3/b38-26+/t32-,40?/m1/s1. The lowest BCUT2D eigenvalue weighted by molar-refractivity contribution is 0.460. The van der Waals surface area contributed by atoms with Crippen molar-refractivity contribution in [2.75, 3.05) is 5.32 Å². The van der Waals surface area contributed by atoms with Crippen molar-refractivity contribution in [1.29, 1.82) is 0 Å². The molecule has 3 aliphatic rings. The molecular formula is C43H45N. The number of nitrogens with one attached hydrogen (secondary N) is 1. The van der Waals surface area contributed by atoms with Crippen LogP contribution in [0, 0.1) is 11.3 Å². The predicted octanol–water partition coefficient (Wildman–Crippen LogP) is 11.5. The third kappa shape index (κ3) is 4.78. The Hall–Kier alpha value is -4.10. The Morgan fingerprint density at radius 1 is 0.750 bits per heavy atom. The number of allylic oxidation sites excluding steroid dienone is 5. The van der Waals surface area contributed by atoms with Crippen LogP contribution in [-0.2, 0) is 11.8 Å². The summed E-state index contributed by atoms with van der Waals surface area (Å²) in [6, 6.07) is 38.4. The molecule has 0 heterocycles. The Balaban J connectivity index is 1.34. The zero-order valence-corrected chi connectivity index (χ0v) is 27.0. The molecule has 0 fully saturated rings. The van der Waals surface area contributed by atoms with Crippen molar-refractivity contribution < 1.29 is 0 Å². The minimum Gasteiger partial charge on any atom is -0.358 e. The van der Waals surface area contributed by atoms with E-state index in [0.717, 1.165) is 25.7 Å². The number of rotatable bonds is 5. The van der Waals surface area contributed by atoms with Crippen LogP contribution in [0.2, 0.25) is 0 Å². The zero-order chi connectivity index (χ0) is 30.5. The predicted molar refractivity (Wildman–Crippen MR) is 189 cm³/mol. The number of benzene rings is 4. The maximum Gasteiger partial charge on any atom is 0.0458 e. The summed E-state index contributed by atoms with van der Waals surface area (Å²) in [5.41, 5.74) is 15.7. The molecule has 4 aromatic rings. The summed E-state index contributed by atoms with van der Waals surface area (Å²) in [5.74, 6) is 0.625. The van der Waals surface area contributed by atoms with Gasteiger partial charge >= 0.3 is 0 Å².